The Bertz CT molecular complexity index is 1500. The number of benzene rings is 2. The first-order valence-corrected chi connectivity index (χ1v) is 11.7. The minimum Gasteiger partial charge on any atom is -0.380 e. The molecule has 0 bridgehead atoms. The van der Waals surface area contributed by atoms with Crippen LogP contribution in [0, 0.1) is 5.82 Å². The molecule has 3 heterocycles. The van der Waals surface area contributed by atoms with Crippen LogP contribution < -0.4 is 5.56 Å². The monoisotopic (exact) mass is 469 g/mol. The number of hydrogen-bond acceptors (Lipinski definition) is 6. The topological polar surface area (TPSA) is 110 Å². The van der Waals surface area contributed by atoms with E-state index in [1.54, 1.807) is 31.5 Å². The van der Waals surface area contributed by atoms with Crippen LogP contribution in [0.5, 0.6) is 0 Å². The highest BCUT2D eigenvalue weighted by molar-refractivity contribution is 7.89. The van der Waals surface area contributed by atoms with Crippen molar-refractivity contribution in [1.82, 2.24) is 24.3 Å². The van der Waals surface area contributed by atoms with Crippen LogP contribution in [0.1, 0.15) is 6.42 Å². The smallest absolute Gasteiger partial charge is 0.258 e. The van der Waals surface area contributed by atoms with E-state index in [0.717, 1.165) is 0 Å². The first-order valence-electron chi connectivity index (χ1n) is 10.2. The fraction of sp³-hybridized carbons (Fsp3) is 0.227. The summed E-state index contributed by atoms with van der Waals surface area (Å²) in [4.78, 5) is 15.4. The van der Waals surface area contributed by atoms with Gasteiger partial charge in [-0.2, -0.15) is 4.31 Å². The zero-order chi connectivity index (χ0) is 23.2. The molecule has 1 saturated heterocycles. The van der Waals surface area contributed by atoms with Crippen molar-refractivity contribution in [3.05, 3.63) is 70.9 Å². The lowest BCUT2D eigenvalue weighted by atomic mass is 10.1. The molecule has 33 heavy (non-hydrogen) atoms. The molecule has 0 amide bonds. The molecule has 11 heteroatoms. The Kier molecular flexibility index (Phi) is 5.31. The van der Waals surface area contributed by atoms with E-state index in [4.69, 9.17) is 4.74 Å². The SMILES string of the molecule is COC1CCN(S(=O)(=O)c2ccc(-n3cc(-c4cc5cc(F)ccc5[nH]c4=O)nn3)cc2)C1. The van der Waals surface area contributed by atoms with Crippen LogP contribution in [0.15, 0.2) is 64.4 Å². The minimum absolute atomic E-state index is 0.0950. The van der Waals surface area contributed by atoms with Crippen LogP contribution in [0.2, 0.25) is 0 Å². The van der Waals surface area contributed by atoms with Crippen molar-refractivity contribution in [2.24, 2.45) is 0 Å². The van der Waals surface area contributed by atoms with Crippen molar-refractivity contribution in [2.45, 2.75) is 17.4 Å². The molecule has 0 radical (unpaired) electrons. The number of fused-ring (bicyclic) bond motifs is 1. The number of H-pyrrole nitrogens is 1. The number of aromatic nitrogens is 4. The number of nitrogens with zero attached hydrogens (tertiary/aromatic N) is 4. The maximum absolute atomic E-state index is 13.6. The number of pyridine rings is 1. The molecule has 0 saturated carbocycles. The van der Waals surface area contributed by atoms with Gasteiger partial charge in [0, 0.05) is 31.1 Å². The van der Waals surface area contributed by atoms with Gasteiger partial charge < -0.3 is 9.72 Å². The molecule has 2 aromatic heterocycles. The summed E-state index contributed by atoms with van der Waals surface area (Å²) in [5, 5.41) is 8.65. The molecular weight excluding hydrogens is 449 g/mol. The van der Waals surface area contributed by atoms with Gasteiger partial charge in [0.2, 0.25) is 10.0 Å². The summed E-state index contributed by atoms with van der Waals surface area (Å²) in [5.74, 6) is -0.411. The third-order valence-corrected chi connectivity index (χ3v) is 7.64. The summed E-state index contributed by atoms with van der Waals surface area (Å²) in [6, 6.07) is 11.9. The number of nitrogens with one attached hydrogen (secondary N) is 1. The summed E-state index contributed by atoms with van der Waals surface area (Å²) in [5.41, 5.74) is 1.28. The average molecular weight is 469 g/mol. The summed E-state index contributed by atoms with van der Waals surface area (Å²) in [6.45, 7) is 0.746. The number of sulfonamides is 1. The van der Waals surface area contributed by atoms with E-state index in [1.807, 2.05) is 0 Å². The third-order valence-electron chi connectivity index (χ3n) is 5.76. The van der Waals surface area contributed by atoms with Crippen molar-refractivity contribution in [2.75, 3.05) is 20.2 Å². The number of rotatable bonds is 5. The van der Waals surface area contributed by atoms with E-state index in [2.05, 4.69) is 15.3 Å². The van der Waals surface area contributed by atoms with Crippen molar-refractivity contribution >= 4 is 20.9 Å². The Morgan fingerprint density at radius 2 is 1.94 bits per heavy atom. The normalized spacial score (nSPS) is 17.1. The number of hydrogen-bond donors (Lipinski definition) is 1. The van der Waals surface area contributed by atoms with Crippen LogP contribution in [-0.2, 0) is 14.8 Å². The molecule has 2 aromatic carbocycles. The lowest BCUT2D eigenvalue weighted by Gasteiger charge is -2.16. The Labute approximate surface area is 188 Å². The molecule has 0 aliphatic carbocycles. The number of aromatic amines is 1. The highest BCUT2D eigenvalue weighted by Gasteiger charge is 2.32. The number of halogens is 1. The molecule has 0 spiro atoms. The number of ether oxygens (including phenoxy) is 1. The molecule has 5 rings (SSSR count). The fourth-order valence-electron chi connectivity index (χ4n) is 3.91. The molecule has 1 aliphatic heterocycles. The highest BCUT2D eigenvalue weighted by Crippen LogP contribution is 2.24. The van der Waals surface area contributed by atoms with Gasteiger partial charge in [0.05, 0.1) is 28.4 Å². The molecule has 4 aromatic rings. The Morgan fingerprint density at radius 3 is 2.67 bits per heavy atom. The molecule has 170 valence electrons. The van der Waals surface area contributed by atoms with Crippen LogP contribution in [0.25, 0.3) is 27.8 Å². The van der Waals surface area contributed by atoms with Crippen LogP contribution >= 0.6 is 0 Å². The second-order valence-corrected chi connectivity index (χ2v) is 9.73. The van der Waals surface area contributed by atoms with Crippen LogP contribution in [0.4, 0.5) is 4.39 Å². The van der Waals surface area contributed by atoms with E-state index >= 15 is 0 Å². The van der Waals surface area contributed by atoms with Crippen molar-refractivity contribution in [3.63, 3.8) is 0 Å². The van der Waals surface area contributed by atoms with Gasteiger partial charge >= 0.3 is 0 Å². The Morgan fingerprint density at radius 1 is 1.15 bits per heavy atom. The predicted octanol–water partition coefficient (Wildman–Crippen LogP) is 2.32. The summed E-state index contributed by atoms with van der Waals surface area (Å²) < 4.78 is 47.4. The summed E-state index contributed by atoms with van der Waals surface area (Å²) in [7, 11) is -2.04. The maximum Gasteiger partial charge on any atom is 0.258 e. The molecular formula is C22H20FN5O4S. The number of methoxy groups -OCH3 is 1. The van der Waals surface area contributed by atoms with Gasteiger partial charge in [-0.25, -0.2) is 17.5 Å². The maximum atomic E-state index is 13.6. The Balaban J connectivity index is 1.42. The largest absolute Gasteiger partial charge is 0.380 e. The van der Waals surface area contributed by atoms with Gasteiger partial charge in [0.1, 0.15) is 11.5 Å². The lowest BCUT2D eigenvalue weighted by molar-refractivity contribution is 0.115. The molecule has 1 unspecified atom stereocenters. The summed E-state index contributed by atoms with van der Waals surface area (Å²) in [6.07, 6.45) is 2.13. The van der Waals surface area contributed by atoms with Gasteiger partial charge in [-0.15, -0.1) is 5.10 Å². The molecule has 1 N–H and O–H groups in total. The fourth-order valence-corrected chi connectivity index (χ4v) is 5.40. The van der Waals surface area contributed by atoms with Gasteiger partial charge in [0.15, 0.2) is 0 Å². The van der Waals surface area contributed by atoms with Gasteiger partial charge in [-0.3, -0.25) is 4.79 Å². The molecule has 1 atom stereocenters. The van der Waals surface area contributed by atoms with Gasteiger partial charge in [0.25, 0.3) is 5.56 Å². The first kappa shape index (κ1) is 21.4. The van der Waals surface area contributed by atoms with E-state index in [0.29, 0.717) is 41.8 Å². The zero-order valence-electron chi connectivity index (χ0n) is 17.6. The predicted molar refractivity (Wildman–Crippen MR) is 119 cm³/mol. The molecule has 9 nitrogen and oxygen atoms in total. The quantitative estimate of drug-likeness (QED) is 0.480. The molecule has 1 aliphatic rings. The minimum atomic E-state index is -3.62. The van der Waals surface area contributed by atoms with Gasteiger partial charge in [-0.1, -0.05) is 5.21 Å². The van der Waals surface area contributed by atoms with E-state index in [-0.39, 0.29) is 22.1 Å². The standard InChI is InChI=1S/C22H20FN5O4S/c1-32-17-8-9-27(12-17)33(30,31)18-5-3-16(4-6-18)28-13-21(25-26-28)19-11-14-10-15(23)2-7-20(14)24-22(19)29/h2-7,10-11,13,17H,8-9,12H2,1H3,(H,24,29). The zero-order valence-corrected chi connectivity index (χ0v) is 18.4. The summed E-state index contributed by atoms with van der Waals surface area (Å²) >= 11 is 0. The van der Waals surface area contributed by atoms with Gasteiger partial charge in [-0.05, 0) is 55.0 Å². The molecule has 1 fully saturated rings. The highest BCUT2D eigenvalue weighted by atomic mass is 32.2. The van der Waals surface area contributed by atoms with Crippen LogP contribution in [-0.4, -0.2) is 59.0 Å². The second-order valence-electron chi connectivity index (χ2n) is 7.80. The van der Waals surface area contributed by atoms with Crippen molar-refractivity contribution in [3.8, 4) is 16.9 Å². The first-order chi connectivity index (χ1) is 15.8. The van der Waals surface area contributed by atoms with E-state index < -0.39 is 15.8 Å². The average Bonchev–Trinajstić information content (AvgIpc) is 3.49. The second kappa shape index (κ2) is 8.18. The van der Waals surface area contributed by atoms with E-state index in [9.17, 15) is 17.6 Å². The van der Waals surface area contributed by atoms with Crippen molar-refractivity contribution < 1.29 is 17.5 Å². The lowest BCUT2D eigenvalue weighted by Crippen LogP contribution is -2.30. The van der Waals surface area contributed by atoms with Crippen molar-refractivity contribution in [1.29, 1.82) is 0 Å². The third kappa shape index (κ3) is 3.94. The Hall–Kier alpha value is -3.41. The van der Waals surface area contributed by atoms with E-state index in [1.165, 1.54) is 39.3 Å². The van der Waals surface area contributed by atoms with Crippen LogP contribution in [0.3, 0.4) is 0 Å².